The first-order valence-corrected chi connectivity index (χ1v) is 8.62. The molecule has 0 atom stereocenters. The van der Waals surface area contributed by atoms with Gasteiger partial charge in [0.15, 0.2) is 6.61 Å². The fourth-order valence-corrected chi connectivity index (χ4v) is 3.79. The molecule has 1 amide bonds. The lowest BCUT2D eigenvalue weighted by atomic mass is 10.00. The van der Waals surface area contributed by atoms with Crippen LogP contribution in [-0.2, 0) is 22.4 Å². The molecule has 1 N–H and O–H groups in total. The number of carbonyl (C=O) groups is 2. The van der Waals surface area contributed by atoms with Crippen LogP contribution in [0.25, 0.3) is 0 Å². The number of thiophene rings is 1. The van der Waals surface area contributed by atoms with Gasteiger partial charge in [-0.2, -0.15) is 0 Å². The molecule has 0 aromatic carbocycles. The Hall–Kier alpha value is -1.36. The van der Waals surface area contributed by atoms with Gasteiger partial charge in [-0.25, -0.2) is 4.79 Å². The molecule has 0 unspecified atom stereocenters. The van der Waals surface area contributed by atoms with Crippen molar-refractivity contribution in [2.75, 3.05) is 6.61 Å². The standard InChI is InChI=1S/C16H21NO3S/c18-15(17-12-7-8-12)10-20-16(19)14-9-11-5-3-1-2-4-6-13(11)21-14/h9,12H,1-8,10H2,(H,17,18). The minimum absolute atomic E-state index is 0.169. The van der Waals surface area contributed by atoms with E-state index in [1.54, 1.807) is 0 Å². The van der Waals surface area contributed by atoms with Crippen LogP contribution >= 0.6 is 11.3 Å². The maximum atomic E-state index is 12.0. The SMILES string of the molecule is O=C(COC(=O)c1cc2c(s1)CCCCCC2)NC1CC1. The van der Waals surface area contributed by atoms with Crippen molar-refractivity contribution in [3.8, 4) is 0 Å². The molecule has 4 nitrogen and oxygen atoms in total. The van der Waals surface area contributed by atoms with Crippen LogP contribution in [0, 0.1) is 0 Å². The molecule has 5 heteroatoms. The van der Waals surface area contributed by atoms with Crippen molar-refractivity contribution in [3.05, 3.63) is 21.4 Å². The smallest absolute Gasteiger partial charge is 0.348 e. The van der Waals surface area contributed by atoms with E-state index in [1.165, 1.54) is 47.5 Å². The van der Waals surface area contributed by atoms with Gasteiger partial charge >= 0.3 is 5.97 Å². The van der Waals surface area contributed by atoms with Crippen molar-refractivity contribution in [2.45, 2.75) is 57.4 Å². The summed E-state index contributed by atoms with van der Waals surface area (Å²) in [5.41, 5.74) is 1.30. The zero-order valence-electron chi connectivity index (χ0n) is 12.2. The summed E-state index contributed by atoms with van der Waals surface area (Å²) >= 11 is 1.54. The summed E-state index contributed by atoms with van der Waals surface area (Å²) in [5, 5.41) is 2.81. The monoisotopic (exact) mass is 307 g/mol. The van der Waals surface area contributed by atoms with Gasteiger partial charge in [-0.05, 0) is 50.2 Å². The van der Waals surface area contributed by atoms with Crippen LogP contribution in [-0.4, -0.2) is 24.5 Å². The number of esters is 1. The van der Waals surface area contributed by atoms with E-state index in [4.69, 9.17) is 4.74 Å². The number of hydrogen-bond donors (Lipinski definition) is 1. The van der Waals surface area contributed by atoms with E-state index in [2.05, 4.69) is 5.32 Å². The van der Waals surface area contributed by atoms with Crippen LogP contribution in [0.5, 0.6) is 0 Å². The van der Waals surface area contributed by atoms with Crippen LogP contribution in [0.1, 0.15) is 58.6 Å². The van der Waals surface area contributed by atoms with Crippen LogP contribution in [0.15, 0.2) is 6.07 Å². The highest BCUT2D eigenvalue weighted by Crippen LogP contribution is 2.28. The summed E-state index contributed by atoms with van der Waals surface area (Å²) in [6.45, 7) is -0.169. The van der Waals surface area contributed by atoms with Gasteiger partial charge in [-0.1, -0.05) is 12.8 Å². The lowest BCUT2D eigenvalue weighted by Gasteiger charge is -2.07. The van der Waals surface area contributed by atoms with Crippen molar-refractivity contribution in [1.82, 2.24) is 5.32 Å². The number of rotatable bonds is 4. The molecule has 1 saturated carbocycles. The van der Waals surface area contributed by atoms with Crippen LogP contribution in [0.2, 0.25) is 0 Å². The Morgan fingerprint density at radius 3 is 2.71 bits per heavy atom. The largest absolute Gasteiger partial charge is 0.451 e. The molecule has 2 aliphatic rings. The number of aryl methyl sites for hydroxylation is 2. The lowest BCUT2D eigenvalue weighted by molar-refractivity contribution is -0.124. The maximum Gasteiger partial charge on any atom is 0.348 e. The number of fused-ring (bicyclic) bond motifs is 1. The Balaban J connectivity index is 1.56. The molecule has 0 bridgehead atoms. The van der Waals surface area contributed by atoms with Crippen molar-refractivity contribution < 1.29 is 14.3 Å². The molecule has 0 aliphatic heterocycles. The second-order valence-electron chi connectivity index (χ2n) is 5.89. The molecule has 0 radical (unpaired) electrons. The van der Waals surface area contributed by atoms with Gasteiger partial charge in [-0.15, -0.1) is 11.3 Å². The second-order valence-corrected chi connectivity index (χ2v) is 7.03. The Morgan fingerprint density at radius 2 is 1.95 bits per heavy atom. The maximum absolute atomic E-state index is 12.0. The lowest BCUT2D eigenvalue weighted by Crippen LogP contribution is -2.30. The Labute approximate surface area is 128 Å². The van der Waals surface area contributed by atoms with Gasteiger partial charge in [0.25, 0.3) is 5.91 Å². The molecule has 2 aliphatic carbocycles. The van der Waals surface area contributed by atoms with Gasteiger partial charge in [0.1, 0.15) is 4.88 Å². The Morgan fingerprint density at radius 1 is 1.19 bits per heavy atom. The van der Waals surface area contributed by atoms with Gasteiger partial charge in [-0.3, -0.25) is 4.79 Å². The molecule has 1 fully saturated rings. The molecule has 21 heavy (non-hydrogen) atoms. The Bertz CT molecular complexity index is 508. The number of hydrogen-bond acceptors (Lipinski definition) is 4. The van der Waals surface area contributed by atoms with E-state index in [0.29, 0.717) is 10.9 Å². The molecule has 1 heterocycles. The summed E-state index contributed by atoms with van der Waals surface area (Å²) in [4.78, 5) is 25.5. The molecule has 1 aromatic heterocycles. The first-order chi connectivity index (χ1) is 10.2. The van der Waals surface area contributed by atoms with Gasteiger partial charge in [0.2, 0.25) is 0 Å². The predicted molar refractivity (Wildman–Crippen MR) is 81.6 cm³/mol. The average Bonchev–Trinajstić information content (AvgIpc) is 3.17. The predicted octanol–water partition coefficient (Wildman–Crippen LogP) is 2.84. The van der Waals surface area contributed by atoms with Gasteiger partial charge < -0.3 is 10.1 Å². The third-order valence-corrected chi connectivity index (χ3v) is 5.19. The fraction of sp³-hybridized carbons (Fsp3) is 0.625. The number of nitrogens with one attached hydrogen (secondary N) is 1. The minimum atomic E-state index is -0.363. The summed E-state index contributed by atoms with van der Waals surface area (Å²) in [5.74, 6) is -0.557. The van der Waals surface area contributed by atoms with E-state index in [-0.39, 0.29) is 18.5 Å². The highest BCUT2D eigenvalue weighted by molar-refractivity contribution is 7.14. The van der Waals surface area contributed by atoms with E-state index >= 15 is 0 Å². The highest BCUT2D eigenvalue weighted by atomic mass is 32.1. The second kappa shape index (κ2) is 6.60. The summed E-state index contributed by atoms with van der Waals surface area (Å²) < 4.78 is 5.12. The van der Waals surface area contributed by atoms with Crippen molar-refractivity contribution in [2.24, 2.45) is 0 Å². The van der Waals surface area contributed by atoms with Crippen LogP contribution in [0.4, 0.5) is 0 Å². The van der Waals surface area contributed by atoms with E-state index in [0.717, 1.165) is 25.7 Å². The van der Waals surface area contributed by atoms with Crippen LogP contribution < -0.4 is 5.32 Å². The zero-order valence-corrected chi connectivity index (χ0v) is 13.0. The summed E-state index contributed by atoms with van der Waals surface area (Å²) in [6, 6.07) is 2.27. The molecule has 3 rings (SSSR count). The summed E-state index contributed by atoms with van der Waals surface area (Å²) in [6.07, 6.45) is 9.15. The first kappa shape index (κ1) is 14.6. The quantitative estimate of drug-likeness (QED) is 0.870. The highest BCUT2D eigenvalue weighted by Gasteiger charge is 2.24. The van der Waals surface area contributed by atoms with Crippen molar-refractivity contribution in [3.63, 3.8) is 0 Å². The minimum Gasteiger partial charge on any atom is -0.451 e. The van der Waals surface area contributed by atoms with Crippen molar-refractivity contribution >= 4 is 23.2 Å². The molecule has 114 valence electrons. The molecular weight excluding hydrogens is 286 g/mol. The number of ether oxygens (including phenoxy) is 1. The molecule has 0 saturated heterocycles. The molecule has 0 spiro atoms. The van der Waals surface area contributed by atoms with Crippen molar-refractivity contribution in [1.29, 1.82) is 0 Å². The zero-order chi connectivity index (χ0) is 14.7. The normalized spacial score (nSPS) is 18.3. The molecule has 1 aromatic rings. The topological polar surface area (TPSA) is 55.4 Å². The number of amides is 1. The Kier molecular flexibility index (Phi) is 4.58. The average molecular weight is 307 g/mol. The van der Waals surface area contributed by atoms with E-state index in [9.17, 15) is 9.59 Å². The van der Waals surface area contributed by atoms with E-state index in [1.807, 2.05) is 6.07 Å². The fourth-order valence-electron chi connectivity index (χ4n) is 2.64. The van der Waals surface area contributed by atoms with Gasteiger partial charge in [0.05, 0.1) is 0 Å². The van der Waals surface area contributed by atoms with Gasteiger partial charge in [0, 0.05) is 10.9 Å². The third-order valence-electron chi connectivity index (χ3n) is 3.97. The third kappa shape index (κ3) is 4.06. The first-order valence-electron chi connectivity index (χ1n) is 7.80. The van der Waals surface area contributed by atoms with Crippen LogP contribution in [0.3, 0.4) is 0 Å². The summed E-state index contributed by atoms with van der Waals surface area (Å²) in [7, 11) is 0. The number of carbonyl (C=O) groups excluding carboxylic acids is 2. The van der Waals surface area contributed by atoms with E-state index < -0.39 is 0 Å². The molecular formula is C16H21NO3S.